The van der Waals surface area contributed by atoms with Gasteiger partial charge >= 0.3 is 0 Å². The molecule has 0 fully saturated rings. The van der Waals surface area contributed by atoms with Gasteiger partial charge in [-0.05, 0) is 19.3 Å². The van der Waals surface area contributed by atoms with Crippen molar-refractivity contribution in [2.24, 2.45) is 0 Å². The van der Waals surface area contributed by atoms with E-state index in [1.807, 2.05) is 0 Å². The quantitative estimate of drug-likeness (QED) is 0.273. The third-order valence-electron chi connectivity index (χ3n) is 4.32. The number of unbranched alkanes of at least 4 members (excludes halogenated alkanes) is 3. The summed E-state index contributed by atoms with van der Waals surface area (Å²) in [5.41, 5.74) is 1.51. The summed E-state index contributed by atoms with van der Waals surface area (Å²) >= 11 is 0. The molecule has 0 amide bonds. The molecule has 0 atom stereocenters. The second-order valence-corrected chi connectivity index (χ2v) is 6.22. The molecule has 1 aromatic carbocycles. The predicted molar refractivity (Wildman–Crippen MR) is 121 cm³/mol. The van der Waals surface area contributed by atoms with Crippen molar-refractivity contribution < 1.29 is 4.48 Å². The zero-order chi connectivity index (χ0) is 14.7. The fourth-order valence-corrected chi connectivity index (χ4v) is 3.02. The Morgan fingerprint density at radius 3 is 1.39 bits per heavy atom. The molecule has 0 saturated carbocycles. The van der Waals surface area contributed by atoms with Crippen LogP contribution in [0.15, 0.2) is 30.3 Å². The molecular weight excluding hydrogens is 482 g/mol. The number of hydrogen-bond donors (Lipinski definition) is 0. The Morgan fingerprint density at radius 1 is 0.652 bits per heavy atom. The van der Waals surface area contributed by atoms with E-state index in [1.165, 1.54) is 74.8 Å². The first-order valence-corrected chi connectivity index (χ1v) is 8.65. The molecule has 138 valence electrons. The number of halogens is 3. The second-order valence-electron chi connectivity index (χ2n) is 6.22. The zero-order valence-corrected chi connectivity index (χ0v) is 20.3. The fourth-order valence-electron chi connectivity index (χ4n) is 3.02. The van der Waals surface area contributed by atoms with E-state index in [9.17, 15) is 0 Å². The number of nitrogens with zero attached hydrogens (tertiary/aromatic N) is 1. The maximum absolute atomic E-state index is 2.32. The van der Waals surface area contributed by atoms with E-state index < -0.39 is 0 Å². The summed E-state index contributed by atoms with van der Waals surface area (Å²) < 4.78 is 1.31. The standard InChI is InChI=1S/C19H34N.3BrH/c1-4-7-15-20(16-8-5-2,17-9-6-3)18-19-13-11-10-12-14-19;;;/h10-14H,4-9,15-18H2,1-3H3;3*1H/q+1;;;. The van der Waals surface area contributed by atoms with Gasteiger partial charge in [0.2, 0.25) is 0 Å². The molecule has 1 aromatic rings. The summed E-state index contributed by atoms with van der Waals surface area (Å²) in [6, 6.07) is 11.1. The molecule has 23 heavy (non-hydrogen) atoms. The van der Waals surface area contributed by atoms with Crippen molar-refractivity contribution >= 4 is 50.9 Å². The maximum Gasteiger partial charge on any atom is 0.104 e. The molecule has 0 bridgehead atoms. The molecule has 0 spiro atoms. The number of quaternary nitrogens is 1. The second kappa shape index (κ2) is 17.4. The molecule has 0 unspecified atom stereocenters. The average molecular weight is 519 g/mol. The maximum atomic E-state index is 2.32. The van der Waals surface area contributed by atoms with Crippen molar-refractivity contribution in [2.45, 2.75) is 65.8 Å². The number of hydrogen-bond acceptors (Lipinski definition) is 0. The lowest BCUT2D eigenvalue weighted by molar-refractivity contribution is -0.941. The zero-order valence-electron chi connectivity index (χ0n) is 15.1. The van der Waals surface area contributed by atoms with Gasteiger partial charge in [0.15, 0.2) is 0 Å². The van der Waals surface area contributed by atoms with Crippen molar-refractivity contribution in [2.75, 3.05) is 19.6 Å². The van der Waals surface area contributed by atoms with Crippen LogP contribution in [0.5, 0.6) is 0 Å². The molecule has 0 aromatic heterocycles. The third kappa shape index (κ3) is 11.7. The highest BCUT2D eigenvalue weighted by atomic mass is 79.9. The van der Waals surface area contributed by atoms with Gasteiger partial charge in [-0.1, -0.05) is 70.4 Å². The van der Waals surface area contributed by atoms with Gasteiger partial charge in [-0.15, -0.1) is 50.9 Å². The van der Waals surface area contributed by atoms with Gasteiger partial charge in [-0.2, -0.15) is 0 Å². The topological polar surface area (TPSA) is 0 Å². The summed E-state index contributed by atoms with van der Waals surface area (Å²) in [6.07, 6.45) is 8.02. The summed E-state index contributed by atoms with van der Waals surface area (Å²) in [4.78, 5) is 0. The minimum Gasteiger partial charge on any atom is -0.320 e. The highest BCUT2D eigenvalue weighted by Gasteiger charge is 2.25. The molecule has 0 aliphatic carbocycles. The van der Waals surface area contributed by atoms with Gasteiger partial charge < -0.3 is 4.48 Å². The molecule has 0 saturated heterocycles. The molecule has 0 aliphatic heterocycles. The van der Waals surface area contributed by atoms with E-state index in [0.717, 1.165) is 0 Å². The number of benzene rings is 1. The Labute approximate surface area is 176 Å². The van der Waals surface area contributed by atoms with Crippen LogP contribution in [0.3, 0.4) is 0 Å². The Hall–Kier alpha value is 0.620. The van der Waals surface area contributed by atoms with Crippen LogP contribution in [0.4, 0.5) is 0 Å². The molecule has 0 radical (unpaired) electrons. The SMILES string of the molecule is Br.Br.Br.CCCC[N+](CCCC)(CCCC)Cc1ccccc1. The van der Waals surface area contributed by atoms with Crippen LogP contribution in [0, 0.1) is 0 Å². The van der Waals surface area contributed by atoms with Gasteiger partial charge in [0.1, 0.15) is 6.54 Å². The predicted octanol–water partition coefficient (Wildman–Crippen LogP) is 7.14. The largest absolute Gasteiger partial charge is 0.320 e. The lowest BCUT2D eigenvalue weighted by atomic mass is 10.1. The molecule has 0 aliphatic rings. The smallest absolute Gasteiger partial charge is 0.104 e. The van der Waals surface area contributed by atoms with Gasteiger partial charge in [-0.25, -0.2) is 0 Å². The van der Waals surface area contributed by atoms with E-state index in [4.69, 9.17) is 0 Å². The van der Waals surface area contributed by atoms with E-state index in [-0.39, 0.29) is 50.9 Å². The van der Waals surface area contributed by atoms with Gasteiger partial charge in [0, 0.05) is 5.56 Å². The Bertz CT molecular complexity index is 322. The molecule has 1 nitrogen and oxygen atoms in total. The fraction of sp³-hybridized carbons (Fsp3) is 0.684. The van der Waals surface area contributed by atoms with E-state index in [1.54, 1.807) is 0 Å². The normalized spacial score (nSPS) is 10.2. The van der Waals surface area contributed by atoms with Crippen LogP contribution in [0.1, 0.15) is 64.9 Å². The highest BCUT2D eigenvalue weighted by Crippen LogP contribution is 2.19. The minimum absolute atomic E-state index is 0. The molecule has 4 heteroatoms. The van der Waals surface area contributed by atoms with Crippen LogP contribution in [-0.2, 0) is 6.54 Å². The van der Waals surface area contributed by atoms with Crippen molar-refractivity contribution in [3.63, 3.8) is 0 Å². The first kappa shape index (κ1) is 28.4. The third-order valence-corrected chi connectivity index (χ3v) is 4.32. The Balaban J connectivity index is -0.00000133. The molecular formula is C19H37Br3N+. The molecule has 0 N–H and O–H groups in total. The number of rotatable bonds is 11. The highest BCUT2D eigenvalue weighted by molar-refractivity contribution is 8.93. The summed E-state index contributed by atoms with van der Waals surface area (Å²) in [6.45, 7) is 12.2. The monoisotopic (exact) mass is 516 g/mol. The first-order chi connectivity index (χ1) is 9.76. The van der Waals surface area contributed by atoms with Gasteiger partial charge in [0.05, 0.1) is 19.6 Å². The van der Waals surface area contributed by atoms with Gasteiger partial charge in [-0.3, -0.25) is 0 Å². The van der Waals surface area contributed by atoms with Crippen LogP contribution in [0.25, 0.3) is 0 Å². The van der Waals surface area contributed by atoms with E-state index >= 15 is 0 Å². The van der Waals surface area contributed by atoms with E-state index in [0.29, 0.717) is 0 Å². The van der Waals surface area contributed by atoms with Gasteiger partial charge in [0.25, 0.3) is 0 Å². The first-order valence-electron chi connectivity index (χ1n) is 8.65. The summed E-state index contributed by atoms with van der Waals surface area (Å²) in [7, 11) is 0. The van der Waals surface area contributed by atoms with Crippen molar-refractivity contribution in [3.8, 4) is 0 Å². The lowest BCUT2D eigenvalue weighted by Gasteiger charge is -2.39. The Kier molecular flexibility index (Phi) is 21.6. The van der Waals surface area contributed by atoms with Crippen LogP contribution in [-0.4, -0.2) is 24.1 Å². The van der Waals surface area contributed by atoms with Crippen molar-refractivity contribution in [1.82, 2.24) is 0 Å². The van der Waals surface area contributed by atoms with E-state index in [2.05, 4.69) is 51.1 Å². The minimum atomic E-state index is 0. The van der Waals surface area contributed by atoms with Crippen LogP contribution in [0.2, 0.25) is 0 Å². The van der Waals surface area contributed by atoms with Crippen molar-refractivity contribution in [3.05, 3.63) is 35.9 Å². The summed E-state index contributed by atoms with van der Waals surface area (Å²) in [5, 5.41) is 0. The van der Waals surface area contributed by atoms with Crippen LogP contribution < -0.4 is 0 Å². The lowest BCUT2D eigenvalue weighted by Crippen LogP contribution is -2.49. The van der Waals surface area contributed by atoms with Crippen LogP contribution >= 0.6 is 50.9 Å². The van der Waals surface area contributed by atoms with Crippen molar-refractivity contribution in [1.29, 1.82) is 0 Å². The summed E-state index contributed by atoms with van der Waals surface area (Å²) in [5.74, 6) is 0. The average Bonchev–Trinajstić information content (AvgIpc) is 2.49. The Morgan fingerprint density at radius 2 is 1.04 bits per heavy atom. The molecule has 1 rings (SSSR count). The molecule has 0 heterocycles.